The first-order chi connectivity index (χ1) is 24.0. The lowest BCUT2D eigenvalue weighted by atomic mass is 9.92. The van der Waals surface area contributed by atoms with Gasteiger partial charge in [-0.25, -0.2) is 4.70 Å². The zero-order valence-electron chi connectivity index (χ0n) is 33.0. The fraction of sp³-hybridized carbons (Fsp3) is 0.660. The number of aryl methyl sites for hydroxylation is 4. The second-order valence-corrected chi connectivity index (χ2v) is 15.2. The van der Waals surface area contributed by atoms with Crippen LogP contribution in [-0.2, 0) is 25.7 Å². The second-order valence-electron chi connectivity index (χ2n) is 15.2. The molecule has 3 rings (SSSR count). The van der Waals surface area contributed by atoms with Crippen molar-refractivity contribution in [3.8, 4) is 0 Å². The third kappa shape index (κ3) is 13.6. The minimum atomic E-state index is 1.02. The first-order valence-electron chi connectivity index (χ1n) is 21.2. The summed E-state index contributed by atoms with van der Waals surface area (Å²) in [6.07, 6.45) is 31.0. The van der Waals surface area contributed by atoms with Gasteiger partial charge in [-0.2, -0.15) is 0 Å². The van der Waals surface area contributed by atoms with Crippen molar-refractivity contribution in [3.05, 3.63) is 86.5 Å². The van der Waals surface area contributed by atoms with Crippen LogP contribution in [0.5, 0.6) is 0 Å². The van der Waals surface area contributed by atoms with Crippen LogP contribution in [0.15, 0.2) is 47.5 Å². The Morgan fingerprint density at radius 1 is 0.388 bits per heavy atom. The van der Waals surface area contributed by atoms with Crippen LogP contribution in [0.4, 0.5) is 0 Å². The molecule has 1 heterocycles. The van der Waals surface area contributed by atoms with Gasteiger partial charge in [-0.1, -0.05) is 143 Å². The Hall–Kier alpha value is -2.48. The molecule has 0 radical (unpaired) electrons. The molecular weight excluding hydrogens is 593 g/mol. The van der Waals surface area contributed by atoms with E-state index < -0.39 is 0 Å². The zero-order chi connectivity index (χ0) is 35.3. The highest BCUT2D eigenvalue weighted by Gasteiger charge is 2.34. The molecule has 2 nitrogen and oxygen atoms in total. The van der Waals surface area contributed by atoms with Gasteiger partial charge in [0.1, 0.15) is 0 Å². The lowest BCUT2D eigenvalue weighted by Gasteiger charge is -2.15. The summed E-state index contributed by atoms with van der Waals surface area (Å²) in [5.41, 5.74) is 25.2. The van der Waals surface area contributed by atoms with E-state index in [0.29, 0.717) is 0 Å². The number of allylic oxidation sites excluding steroid dienone is 2. The van der Waals surface area contributed by atoms with Crippen molar-refractivity contribution < 1.29 is 4.70 Å². The lowest BCUT2D eigenvalue weighted by Crippen LogP contribution is -2.05. The maximum atomic E-state index is 12.3. The van der Waals surface area contributed by atoms with Gasteiger partial charge in [0.15, 0.2) is 0 Å². The normalized spacial score (nSPS) is 13.4. The largest absolute Gasteiger partial charge is 0.493 e. The van der Waals surface area contributed by atoms with Crippen LogP contribution in [0.25, 0.3) is 16.9 Å². The monoisotopic (exact) mass is 667 g/mol. The molecular formula is C47H74N2. The molecule has 1 aliphatic heterocycles. The third-order valence-electron chi connectivity index (χ3n) is 10.7. The van der Waals surface area contributed by atoms with E-state index in [1.807, 2.05) is 0 Å². The Bertz CT molecular complexity index is 1330. The van der Waals surface area contributed by atoms with Crippen molar-refractivity contribution in [1.29, 1.82) is 0 Å². The average molecular weight is 667 g/mol. The molecule has 0 atom stereocenters. The molecule has 0 aromatic heterocycles. The summed E-state index contributed by atoms with van der Waals surface area (Å²) in [6.45, 7) is 13.8. The molecule has 0 bridgehead atoms. The van der Waals surface area contributed by atoms with Gasteiger partial charge >= 0.3 is 0 Å². The fourth-order valence-electron chi connectivity index (χ4n) is 7.75. The van der Waals surface area contributed by atoms with E-state index in [1.54, 1.807) is 4.70 Å². The van der Waals surface area contributed by atoms with Crippen LogP contribution in [0.2, 0.25) is 0 Å². The van der Waals surface area contributed by atoms with E-state index in [9.17, 15) is 5.53 Å². The summed E-state index contributed by atoms with van der Waals surface area (Å²) < 4.78 is 1.62. The van der Waals surface area contributed by atoms with Gasteiger partial charge in [-0.3, -0.25) is 0 Å². The number of rotatable bonds is 27. The van der Waals surface area contributed by atoms with Gasteiger partial charge in [0.25, 0.3) is 0 Å². The number of hydrogen-bond donors (Lipinski definition) is 0. The van der Waals surface area contributed by atoms with E-state index in [1.165, 1.54) is 173 Å². The first-order valence-corrected chi connectivity index (χ1v) is 21.2. The number of hydrogen-bond acceptors (Lipinski definition) is 0. The van der Waals surface area contributed by atoms with Gasteiger partial charge in [0, 0.05) is 22.3 Å². The smallest absolute Gasteiger partial charge is 0.211 e. The van der Waals surface area contributed by atoms with E-state index in [4.69, 9.17) is 0 Å². The first kappa shape index (κ1) is 40.9. The highest BCUT2D eigenvalue weighted by Crippen LogP contribution is 2.43. The van der Waals surface area contributed by atoms with E-state index >= 15 is 0 Å². The van der Waals surface area contributed by atoms with Crippen molar-refractivity contribution in [2.45, 2.75) is 202 Å². The Morgan fingerprint density at radius 3 is 1.12 bits per heavy atom. The molecule has 1 aliphatic rings. The van der Waals surface area contributed by atoms with Gasteiger partial charge in [0.2, 0.25) is 11.4 Å². The van der Waals surface area contributed by atoms with E-state index in [-0.39, 0.29) is 0 Å². The Kier molecular flexibility index (Phi) is 19.9. The van der Waals surface area contributed by atoms with Crippen LogP contribution in [0, 0.1) is 0 Å². The quantitative estimate of drug-likeness (QED) is 0.0670. The predicted molar refractivity (Wildman–Crippen MR) is 216 cm³/mol. The van der Waals surface area contributed by atoms with Crippen molar-refractivity contribution in [2.24, 2.45) is 0 Å². The van der Waals surface area contributed by atoms with Crippen molar-refractivity contribution in [3.63, 3.8) is 0 Å². The number of benzene rings is 2. The fourth-order valence-corrected chi connectivity index (χ4v) is 7.75. The molecule has 0 unspecified atom stereocenters. The molecule has 0 aliphatic carbocycles. The van der Waals surface area contributed by atoms with Crippen molar-refractivity contribution in [2.75, 3.05) is 0 Å². The number of nitrogens with zero attached hydrogens (tertiary/aromatic N) is 2. The molecule has 49 heavy (non-hydrogen) atoms. The summed E-state index contributed by atoms with van der Waals surface area (Å²) in [5.74, 6) is 0. The second kappa shape index (κ2) is 23.8. The van der Waals surface area contributed by atoms with Crippen LogP contribution >= 0.6 is 0 Å². The lowest BCUT2D eigenvalue weighted by molar-refractivity contribution is -0.345. The van der Waals surface area contributed by atoms with E-state index in [0.717, 1.165) is 43.5 Å². The predicted octanol–water partition coefficient (Wildman–Crippen LogP) is 15.3. The topological polar surface area (TPSA) is 25.3 Å². The molecule has 2 heteroatoms. The standard InChI is InChI=1S/C47H74N2/c1-7-12-17-20-23-26-31-45-38(6)46(43-34-39(27-15-10-4)32-41(35-43)29-24-21-18-13-8-2)49(48)47(45)44-36-40(28-16-11-5)33-42(37-44)30-25-22-19-14-9-3/h32-37H,7-31H2,1-6H3. The molecule has 2 aromatic rings. The number of unbranched alkanes of at least 4 members (excludes halogenated alkanes) is 15. The van der Waals surface area contributed by atoms with Gasteiger partial charge in [0.05, 0.1) is 0 Å². The van der Waals surface area contributed by atoms with Crippen LogP contribution in [0.1, 0.15) is 210 Å². The molecule has 0 fully saturated rings. The molecule has 0 saturated carbocycles. The molecule has 272 valence electrons. The highest BCUT2D eigenvalue weighted by atomic mass is 15.2. The van der Waals surface area contributed by atoms with Crippen LogP contribution in [0.3, 0.4) is 0 Å². The van der Waals surface area contributed by atoms with Crippen molar-refractivity contribution in [1.82, 2.24) is 0 Å². The van der Waals surface area contributed by atoms with Gasteiger partial charge < -0.3 is 5.53 Å². The maximum absolute atomic E-state index is 12.3. The average Bonchev–Trinajstić information content (AvgIpc) is 3.35. The maximum Gasteiger partial charge on any atom is 0.211 e. The minimum Gasteiger partial charge on any atom is -0.493 e. The van der Waals surface area contributed by atoms with Gasteiger partial charge in [-0.15, -0.1) is 0 Å². The third-order valence-corrected chi connectivity index (χ3v) is 10.7. The Morgan fingerprint density at radius 2 is 0.714 bits per heavy atom. The zero-order valence-corrected chi connectivity index (χ0v) is 33.0. The van der Waals surface area contributed by atoms with Crippen LogP contribution < -0.4 is 0 Å². The molecule has 0 saturated heterocycles. The summed E-state index contributed by atoms with van der Waals surface area (Å²) in [6, 6.07) is 14.6. The summed E-state index contributed by atoms with van der Waals surface area (Å²) in [4.78, 5) is 0. The Balaban J connectivity index is 2.02. The molecule has 0 spiro atoms. The van der Waals surface area contributed by atoms with Crippen molar-refractivity contribution >= 4 is 11.4 Å². The summed E-state index contributed by atoms with van der Waals surface area (Å²) in [7, 11) is 0. The molecule has 2 aromatic carbocycles. The molecule has 0 N–H and O–H groups in total. The SMILES string of the molecule is CCCCCCCCC1=C(c2cc(CCCC)cc(CCCCCCC)c2)[N+](=[N-])C(c2cc(CCCC)cc(CCCCCCC)c2)=C1C. The van der Waals surface area contributed by atoms with Crippen LogP contribution in [-0.4, -0.2) is 4.70 Å². The minimum absolute atomic E-state index is 1.02. The van der Waals surface area contributed by atoms with E-state index in [2.05, 4.69) is 77.9 Å². The molecule has 0 amide bonds. The Labute approximate surface area is 303 Å². The van der Waals surface area contributed by atoms with Gasteiger partial charge in [-0.05, 0) is 118 Å². The summed E-state index contributed by atoms with van der Waals surface area (Å²) >= 11 is 0. The summed E-state index contributed by atoms with van der Waals surface area (Å²) in [5, 5.41) is 0. The highest BCUT2D eigenvalue weighted by molar-refractivity contribution is 5.82.